The molecule has 0 saturated heterocycles. The zero-order valence-corrected chi connectivity index (χ0v) is 17.5. The van der Waals surface area contributed by atoms with Crippen molar-refractivity contribution in [2.24, 2.45) is 0 Å². The molecular weight excluding hydrogens is 344 g/mol. The Labute approximate surface area is 162 Å². The Morgan fingerprint density at radius 1 is 1.07 bits per heavy atom. The van der Waals surface area contributed by atoms with E-state index in [-0.39, 0.29) is 6.09 Å². The third kappa shape index (κ3) is 5.62. The van der Waals surface area contributed by atoms with Crippen LogP contribution in [0.2, 0.25) is 0 Å². The van der Waals surface area contributed by atoms with Crippen molar-refractivity contribution in [3.63, 3.8) is 0 Å². The van der Waals surface area contributed by atoms with E-state index in [1.165, 1.54) is 0 Å². The second kappa shape index (κ2) is 7.41. The van der Waals surface area contributed by atoms with Crippen LogP contribution in [0.4, 0.5) is 15.3 Å². The van der Waals surface area contributed by atoms with Crippen molar-refractivity contribution in [3.8, 4) is 0 Å². The van der Waals surface area contributed by atoms with Gasteiger partial charge in [-0.3, -0.25) is 4.90 Å². The Morgan fingerprint density at radius 3 is 2.26 bits per heavy atom. The van der Waals surface area contributed by atoms with Crippen molar-refractivity contribution in [2.75, 3.05) is 11.4 Å². The number of carbonyl (C=O) groups excluding carboxylic acids is 2. The Hall–Kier alpha value is -2.24. The lowest BCUT2D eigenvalue weighted by Gasteiger charge is -2.36. The van der Waals surface area contributed by atoms with Gasteiger partial charge < -0.3 is 14.8 Å². The number of amides is 2. The average molecular weight is 376 g/mol. The molecule has 0 aliphatic carbocycles. The monoisotopic (exact) mass is 376 g/mol. The average Bonchev–Trinajstić information content (AvgIpc) is 2.75. The highest BCUT2D eigenvalue weighted by Crippen LogP contribution is 2.41. The molecule has 0 aromatic heterocycles. The van der Waals surface area contributed by atoms with Crippen molar-refractivity contribution < 1.29 is 19.1 Å². The van der Waals surface area contributed by atoms with E-state index >= 15 is 0 Å². The fraction of sp³-hybridized carbons (Fsp3) is 0.619. The highest BCUT2D eigenvalue weighted by Gasteiger charge is 2.44. The van der Waals surface area contributed by atoms with Crippen LogP contribution in [0.25, 0.3) is 0 Å². The van der Waals surface area contributed by atoms with Gasteiger partial charge in [-0.15, -0.1) is 0 Å². The summed E-state index contributed by atoms with van der Waals surface area (Å²) in [5.74, 6) is 0. The first-order valence-electron chi connectivity index (χ1n) is 9.39. The Kier molecular flexibility index (Phi) is 5.78. The molecule has 1 unspecified atom stereocenters. The van der Waals surface area contributed by atoms with Gasteiger partial charge in [0.05, 0.1) is 11.2 Å². The highest BCUT2D eigenvalue weighted by molar-refractivity contribution is 5.92. The first kappa shape index (κ1) is 21.1. The first-order chi connectivity index (χ1) is 12.3. The van der Waals surface area contributed by atoms with Crippen LogP contribution in [0.5, 0.6) is 0 Å². The molecule has 27 heavy (non-hydrogen) atoms. The summed E-state index contributed by atoms with van der Waals surface area (Å²) in [6.07, 6.45) is 0.469. The molecule has 2 rings (SSSR count). The molecule has 0 saturated carbocycles. The number of nitrogens with one attached hydrogen (secondary N) is 1. The predicted molar refractivity (Wildman–Crippen MR) is 106 cm³/mol. The summed E-state index contributed by atoms with van der Waals surface area (Å²) in [7, 11) is 0. The number of rotatable bonds is 3. The first-order valence-corrected chi connectivity index (χ1v) is 9.39. The number of para-hydroxylation sites is 1. The molecule has 1 aliphatic rings. The topological polar surface area (TPSA) is 67.9 Å². The van der Waals surface area contributed by atoms with Crippen molar-refractivity contribution in [3.05, 3.63) is 29.8 Å². The van der Waals surface area contributed by atoms with E-state index in [0.29, 0.717) is 19.4 Å². The number of alkyl carbamates (subject to hydrolysis) is 1. The second-order valence-electron chi connectivity index (χ2n) is 9.30. The summed E-state index contributed by atoms with van der Waals surface area (Å²) >= 11 is 0. The molecule has 0 radical (unpaired) electrons. The quantitative estimate of drug-likeness (QED) is 0.833. The number of fused-ring (bicyclic) bond motifs is 1. The van der Waals surface area contributed by atoms with E-state index in [0.717, 1.165) is 11.3 Å². The van der Waals surface area contributed by atoms with Crippen LogP contribution in [0.1, 0.15) is 60.5 Å². The number of benzene rings is 1. The molecule has 150 valence electrons. The normalized spacial score (nSPS) is 19.4. The van der Waals surface area contributed by atoms with Crippen LogP contribution in [-0.2, 0) is 15.9 Å². The SMILES string of the molecule is CC(C)(C)OC(=O)NCCC1(C)Cc2ccccc2N1C(=O)OC(C)(C)C. The molecule has 1 N–H and O–H groups in total. The number of carbonyl (C=O) groups is 2. The standard InChI is InChI=1S/C21H32N2O4/c1-19(2,3)26-17(24)22-13-12-21(7)14-15-10-8-9-11-16(15)23(21)18(25)27-20(4,5)6/h8-11H,12-14H2,1-7H3,(H,22,24). The number of anilines is 1. The van der Waals surface area contributed by atoms with Gasteiger partial charge in [0, 0.05) is 6.54 Å². The molecule has 6 heteroatoms. The molecule has 0 spiro atoms. The predicted octanol–water partition coefficient (Wildman–Crippen LogP) is 4.66. The van der Waals surface area contributed by atoms with Gasteiger partial charge in [-0.2, -0.15) is 0 Å². The van der Waals surface area contributed by atoms with Gasteiger partial charge in [0.2, 0.25) is 0 Å². The number of nitrogens with zero attached hydrogens (tertiary/aromatic N) is 1. The third-order valence-corrected chi connectivity index (χ3v) is 4.25. The number of hydrogen-bond acceptors (Lipinski definition) is 4. The van der Waals surface area contributed by atoms with Crippen molar-refractivity contribution >= 4 is 17.9 Å². The number of hydrogen-bond donors (Lipinski definition) is 1. The van der Waals surface area contributed by atoms with E-state index in [4.69, 9.17) is 9.47 Å². The number of ether oxygens (including phenoxy) is 2. The fourth-order valence-electron chi connectivity index (χ4n) is 3.23. The van der Waals surface area contributed by atoms with Gasteiger partial charge in [0.1, 0.15) is 11.2 Å². The lowest BCUT2D eigenvalue weighted by molar-refractivity contribution is 0.0521. The highest BCUT2D eigenvalue weighted by atomic mass is 16.6. The lowest BCUT2D eigenvalue weighted by Crippen LogP contribution is -2.51. The maximum atomic E-state index is 12.9. The van der Waals surface area contributed by atoms with Crippen LogP contribution in [0, 0.1) is 0 Å². The molecule has 0 fully saturated rings. The van der Waals surface area contributed by atoms with Gasteiger partial charge in [-0.25, -0.2) is 9.59 Å². The maximum absolute atomic E-state index is 12.9. The fourth-order valence-corrected chi connectivity index (χ4v) is 3.23. The van der Waals surface area contributed by atoms with Gasteiger partial charge in [0.25, 0.3) is 0 Å². The summed E-state index contributed by atoms with van der Waals surface area (Å²) in [5, 5.41) is 2.79. The molecule has 1 heterocycles. The minimum Gasteiger partial charge on any atom is -0.444 e. The van der Waals surface area contributed by atoms with Crippen molar-refractivity contribution in [1.82, 2.24) is 5.32 Å². The van der Waals surface area contributed by atoms with E-state index < -0.39 is 22.8 Å². The summed E-state index contributed by atoms with van der Waals surface area (Å²) in [6, 6.07) is 7.85. The third-order valence-electron chi connectivity index (χ3n) is 4.25. The van der Waals surface area contributed by atoms with Crippen LogP contribution in [0.15, 0.2) is 24.3 Å². The van der Waals surface area contributed by atoms with E-state index in [2.05, 4.69) is 5.32 Å². The van der Waals surface area contributed by atoms with Gasteiger partial charge in [-0.1, -0.05) is 18.2 Å². The molecule has 1 aliphatic heterocycles. The van der Waals surface area contributed by atoms with Crippen LogP contribution in [-0.4, -0.2) is 35.5 Å². The van der Waals surface area contributed by atoms with E-state index in [9.17, 15) is 9.59 Å². The molecule has 2 amide bonds. The maximum Gasteiger partial charge on any atom is 0.415 e. The largest absolute Gasteiger partial charge is 0.444 e. The lowest BCUT2D eigenvalue weighted by atomic mass is 9.93. The minimum atomic E-state index is -0.579. The van der Waals surface area contributed by atoms with E-state index in [1.54, 1.807) is 4.90 Å². The van der Waals surface area contributed by atoms with E-state index in [1.807, 2.05) is 72.7 Å². The van der Waals surface area contributed by atoms with Crippen LogP contribution in [0.3, 0.4) is 0 Å². The minimum absolute atomic E-state index is 0.368. The van der Waals surface area contributed by atoms with Gasteiger partial charge >= 0.3 is 12.2 Å². The molecule has 1 aromatic rings. The summed E-state index contributed by atoms with van der Waals surface area (Å²) in [4.78, 5) is 26.6. The Morgan fingerprint density at radius 2 is 1.67 bits per heavy atom. The second-order valence-corrected chi connectivity index (χ2v) is 9.30. The Balaban J connectivity index is 2.13. The van der Waals surface area contributed by atoms with Gasteiger partial charge in [-0.05, 0) is 72.9 Å². The zero-order valence-electron chi connectivity index (χ0n) is 17.5. The zero-order chi connectivity index (χ0) is 20.5. The molecule has 0 bridgehead atoms. The Bertz CT molecular complexity index is 703. The van der Waals surface area contributed by atoms with Crippen molar-refractivity contribution in [2.45, 2.75) is 78.0 Å². The summed E-state index contributed by atoms with van der Waals surface area (Å²) in [6.45, 7) is 13.5. The van der Waals surface area contributed by atoms with Crippen molar-refractivity contribution in [1.29, 1.82) is 0 Å². The van der Waals surface area contributed by atoms with Gasteiger partial charge in [0.15, 0.2) is 0 Å². The smallest absolute Gasteiger partial charge is 0.415 e. The van der Waals surface area contributed by atoms with Crippen LogP contribution >= 0.6 is 0 Å². The summed E-state index contributed by atoms with van der Waals surface area (Å²) < 4.78 is 10.9. The molecular formula is C21H32N2O4. The molecule has 1 atom stereocenters. The molecule has 6 nitrogen and oxygen atoms in total. The molecule has 1 aromatic carbocycles. The summed E-state index contributed by atoms with van der Waals surface area (Å²) in [5.41, 5.74) is 0.362. The van der Waals surface area contributed by atoms with Crippen LogP contribution < -0.4 is 10.2 Å².